The summed E-state index contributed by atoms with van der Waals surface area (Å²) in [6.45, 7) is 3.43. The lowest BCUT2D eigenvalue weighted by molar-refractivity contribution is -0.141. The van der Waals surface area contributed by atoms with Gasteiger partial charge in [0.1, 0.15) is 17.3 Å². The average Bonchev–Trinajstić information content (AvgIpc) is 2.78. The number of methoxy groups -OCH3 is 2. The summed E-state index contributed by atoms with van der Waals surface area (Å²) in [6, 6.07) is 13.0. The van der Waals surface area contributed by atoms with E-state index >= 15 is 0 Å². The molecule has 1 amide bonds. The molecule has 4 rings (SSSR count). The molecule has 2 aromatic carbocycles. The molecule has 6 heteroatoms. The molecule has 5 nitrogen and oxygen atoms in total. The fourth-order valence-electron chi connectivity index (χ4n) is 5.02. The number of piperidine rings is 2. The average molecular weight is 427 g/mol. The van der Waals surface area contributed by atoms with E-state index in [4.69, 9.17) is 9.47 Å². The van der Waals surface area contributed by atoms with Crippen molar-refractivity contribution in [3.8, 4) is 11.5 Å². The van der Waals surface area contributed by atoms with Crippen molar-refractivity contribution >= 4 is 5.91 Å². The number of carbonyl (C=O) groups excluding carboxylic acids is 1. The van der Waals surface area contributed by atoms with Gasteiger partial charge < -0.3 is 14.4 Å². The van der Waals surface area contributed by atoms with Crippen LogP contribution in [0.2, 0.25) is 0 Å². The largest absolute Gasteiger partial charge is 0.497 e. The monoisotopic (exact) mass is 426 g/mol. The van der Waals surface area contributed by atoms with Gasteiger partial charge >= 0.3 is 0 Å². The molecular formula is C25H31FN2O3. The Bertz CT molecular complexity index is 897. The van der Waals surface area contributed by atoms with Crippen molar-refractivity contribution in [2.75, 3.05) is 33.9 Å². The Labute approximate surface area is 183 Å². The second kappa shape index (κ2) is 9.69. The van der Waals surface area contributed by atoms with Crippen LogP contribution in [0.4, 0.5) is 4.39 Å². The fraction of sp³-hybridized carbons (Fsp3) is 0.480. The van der Waals surface area contributed by atoms with Crippen LogP contribution in [0, 0.1) is 11.7 Å². The van der Waals surface area contributed by atoms with Crippen LogP contribution in [0.15, 0.2) is 42.5 Å². The lowest BCUT2D eigenvalue weighted by Gasteiger charge is -2.47. The zero-order valence-electron chi connectivity index (χ0n) is 18.4. The van der Waals surface area contributed by atoms with Crippen LogP contribution >= 0.6 is 0 Å². The number of nitrogens with zero attached hydrogens (tertiary/aromatic N) is 2. The summed E-state index contributed by atoms with van der Waals surface area (Å²) in [5, 5.41) is 0. The fourth-order valence-corrected chi connectivity index (χ4v) is 5.02. The summed E-state index contributed by atoms with van der Waals surface area (Å²) in [5.74, 6) is 2.10. The van der Waals surface area contributed by atoms with Gasteiger partial charge in [-0.05, 0) is 60.6 Å². The van der Waals surface area contributed by atoms with Crippen molar-refractivity contribution < 1.29 is 18.7 Å². The molecule has 0 radical (unpaired) electrons. The molecule has 0 saturated carbocycles. The van der Waals surface area contributed by atoms with E-state index in [1.54, 1.807) is 26.4 Å². The SMILES string of the molecule is COc1cc(CN2CC[C@@H]3[C@@H](CCC(=O)N3CCc3cccc(F)c3)C2)cc(OC)c1. The number of rotatable bonds is 7. The second-order valence-electron chi connectivity index (χ2n) is 8.58. The predicted molar refractivity (Wildman–Crippen MR) is 118 cm³/mol. The highest BCUT2D eigenvalue weighted by Crippen LogP contribution is 2.33. The standard InChI is InChI=1S/C25H31FN2O3/c1-30-22-13-19(14-23(15-22)31-2)16-27-10-9-24-20(17-27)6-7-25(29)28(24)11-8-18-4-3-5-21(26)12-18/h3-5,12-15,20,24H,6-11,16-17H2,1-2H3/t20-,24+/m0/s1. The maximum atomic E-state index is 13.5. The minimum atomic E-state index is -0.220. The van der Waals surface area contributed by atoms with Crippen LogP contribution in [-0.4, -0.2) is 55.6 Å². The quantitative estimate of drug-likeness (QED) is 0.674. The topological polar surface area (TPSA) is 42.0 Å². The zero-order chi connectivity index (χ0) is 21.8. The van der Waals surface area contributed by atoms with Gasteiger partial charge in [-0.2, -0.15) is 0 Å². The van der Waals surface area contributed by atoms with E-state index in [-0.39, 0.29) is 17.8 Å². The van der Waals surface area contributed by atoms with E-state index in [0.29, 0.717) is 25.3 Å². The summed E-state index contributed by atoms with van der Waals surface area (Å²) in [7, 11) is 3.34. The maximum absolute atomic E-state index is 13.5. The van der Waals surface area contributed by atoms with E-state index in [1.807, 2.05) is 12.1 Å². The van der Waals surface area contributed by atoms with Crippen molar-refractivity contribution in [1.29, 1.82) is 0 Å². The van der Waals surface area contributed by atoms with Gasteiger partial charge in [-0.25, -0.2) is 4.39 Å². The summed E-state index contributed by atoms with van der Waals surface area (Å²) in [6.07, 6.45) is 3.21. The zero-order valence-corrected chi connectivity index (χ0v) is 18.4. The first-order valence-electron chi connectivity index (χ1n) is 11.0. The van der Waals surface area contributed by atoms with Gasteiger partial charge in [-0.1, -0.05) is 12.1 Å². The number of fused-ring (bicyclic) bond motifs is 1. The molecule has 2 heterocycles. The Morgan fingerprint density at radius 3 is 2.52 bits per heavy atom. The molecule has 0 spiro atoms. The number of hydrogen-bond donors (Lipinski definition) is 0. The van der Waals surface area contributed by atoms with Crippen LogP contribution in [0.3, 0.4) is 0 Å². The minimum absolute atomic E-state index is 0.220. The summed E-state index contributed by atoms with van der Waals surface area (Å²) in [5.41, 5.74) is 2.11. The van der Waals surface area contributed by atoms with Crippen LogP contribution in [-0.2, 0) is 17.8 Å². The van der Waals surface area contributed by atoms with Gasteiger partial charge in [0.15, 0.2) is 0 Å². The molecule has 0 unspecified atom stereocenters. The van der Waals surface area contributed by atoms with Crippen molar-refractivity contribution in [2.24, 2.45) is 5.92 Å². The Balaban J connectivity index is 1.39. The number of hydrogen-bond acceptors (Lipinski definition) is 4. The van der Waals surface area contributed by atoms with E-state index in [9.17, 15) is 9.18 Å². The van der Waals surface area contributed by atoms with Crippen LogP contribution in [0.1, 0.15) is 30.4 Å². The Kier molecular flexibility index (Phi) is 6.76. The lowest BCUT2D eigenvalue weighted by atomic mass is 9.83. The van der Waals surface area contributed by atoms with Crippen molar-refractivity contribution in [3.63, 3.8) is 0 Å². The van der Waals surface area contributed by atoms with Crippen LogP contribution in [0.25, 0.3) is 0 Å². The second-order valence-corrected chi connectivity index (χ2v) is 8.58. The van der Waals surface area contributed by atoms with E-state index in [1.165, 1.54) is 11.6 Å². The molecule has 2 fully saturated rings. The normalized spacial score (nSPS) is 21.6. The van der Waals surface area contributed by atoms with E-state index in [0.717, 1.165) is 49.5 Å². The molecule has 0 bridgehead atoms. The third-order valence-corrected chi connectivity index (χ3v) is 6.58. The number of likely N-dealkylation sites (tertiary alicyclic amines) is 2. The molecule has 0 N–H and O–H groups in total. The first-order chi connectivity index (χ1) is 15.1. The van der Waals surface area contributed by atoms with Gasteiger partial charge in [-0.3, -0.25) is 9.69 Å². The first kappa shape index (κ1) is 21.6. The first-order valence-corrected chi connectivity index (χ1v) is 11.0. The molecule has 2 aliphatic heterocycles. The number of halogens is 1. The van der Waals surface area contributed by atoms with E-state index in [2.05, 4.69) is 21.9 Å². The van der Waals surface area contributed by atoms with Gasteiger partial charge in [0.25, 0.3) is 0 Å². The van der Waals surface area contributed by atoms with Gasteiger partial charge in [0, 0.05) is 44.7 Å². The van der Waals surface area contributed by atoms with Gasteiger partial charge in [-0.15, -0.1) is 0 Å². The number of amides is 1. The molecule has 2 aromatic rings. The highest BCUT2D eigenvalue weighted by molar-refractivity contribution is 5.77. The molecule has 2 atom stereocenters. The molecule has 31 heavy (non-hydrogen) atoms. The lowest BCUT2D eigenvalue weighted by Crippen LogP contribution is -2.56. The molecule has 0 aliphatic carbocycles. The predicted octanol–water partition coefficient (Wildman–Crippen LogP) is 3.90. The summed E-state index contributed by atoms with van der Waals surface area (Å²) >= 11 is 0. The molecular weight excluding hydrogens is 395 g/mol. The highest BCUT2D eigenvalue weighted by Gasteiger charge is 2.38. The van der Waals surface area contributed by atoms with Crippen molar-refractivity contribution in [3.05, 3.63) is 59.4 Å². The Morgan fingerprint density at radius 1 is 1.03 bits per heavy atom. The maximum Gasteiger partial charge on any atom is 0.222 e. The molecule has 2 saturated heterocycles. The van der Waals surface area contributed by atoms with Gasteiger partial charge in [0.05, 0.1) is 14.2 Å². The molecule has 166 valence electrons. The number of ether oxygens (including phenoxy) is 2. The molecule has 0 aromatic heterocycles. The van der Waals surface area contributed by atoms with Crippen molar-refractivity contribution in [1.82, 2.24) is 9.80 Å². The summed E-state index contributed by atoms with van der Waals surface area (Å²) in [4.78, 5) is 17.2. The van der Waals surface area contributed by atoms with Gasteiger partial charge in [0.2, 0.25) is 5.91 Å². The van der Waals surface area contributed by atoms with Crippen molar-refractivity contribution in [2.45, 2.75) is 38.3 Å². The van der Waals surface area contributed by atoms with E-state index < -0.39 is 0 Å². The number of benzene rings is 2. The third-order valence-electron chi connectivity index (χ3n) is 6.58. The summed E-state index contributed by atoms with van der Waals surface area (Å²) < 4.78 is 24.3. The van der Waals surface area contributed by atoms with Crippen LogP contribution < -0.4 is 9.47 Å². The highest BCUT2D eigenvalue weighted by atomic mass is 19.1. The number of carbonyl (C=O) groups is 1. The molecule has 2 aliphatic rings. The third kappa shape index (κ3) is 5.18. The minimum Gasteiger partial charge on any atom is -0.497 e. The Hall–Kier alpha value is -2.60. The van der Waals surface area contributed by atoms with Crippen LogP contribution in [0.5, 0.6) is 11.5 Å². The smallest absolute Gasteiger partial charge is 0.222 e. The Morgan fingerprint density at radius 2 is 1.81 bits per heavy atom.